The van der Waals surface area contributed by atoms with Crippen molar-refractivity contribution in [1.29, 1.82) is 5.26 Å². The number of nitrogens with one attached hydrogen (secondary N) is 1. The van der Waals surface area contributed by atoms with E-state index in [-0.39, 0.29) is 62.9 Å². The van der Waals surface area contributed by atoms with Crippen LogP contribution in [0.2, 0.25) is 0 Å². The molecule has 1 amide bonds. The van der Waals surface area contributed by atoms with Crippen molar-refractivity contribution < 1.29 is 32.8 Å². The van der Waals surface area contributed by atoms with E-state index in [0.29, 0.717) is 17.1 Å². The number of Topliss-reactive ketones (excluding diaryl/α,β-unsaturated/α-hetero) is 1. The lowest BCUT2D eigenvalue weighted by Crippen LogP contribution is -2.45. The molecule has 1 N–H and O–H groups in total. The van der Waals surface area contributed by atoms with E-state index >= 15 is 0 Å². The van der Waals surface area contributed by atoms with Crippen molar-refractivity contribution in [3.63, 3.8) is 0 Å². The minimum atomic E-state index is -1.64. The third kappa shape index (κ3) is 10.1. The first-order chi connectivity index (χ1) is 31.1. The van der Waals surface area contributed by atoms with Crippen molar-refractivity contribution in [2.45, 2.75) is 70.7 Å². The van der Waals surface area contributed by atoms with E-state index in [1.807, 2.05) is 103 Å². The molecule has 0 aliphatic carbocycles. The molecule has 11 heteroatoms. The lowest BCUT2D eigenvalue weighted by Gasteiger charge is -2.38. The third-order valence-electron chi connectivity index (χ3n) is 11.5. The SMILES string of the molecule is COc1ccc(C(OCC(COP(OCCC#N)N(C(C)C)C(C)C)NC(=O)CCC(=O)c2ccc3ccc4cccc5ccc2c3c45)(c2ccccc2)c2ccc(OC)cc2)cc1. The summed E-state index contributed by atoms with van der Waals surface area (Å²) in [6, 6.07) is 45.5. The predicted octanol–water partition coefficient (Wildman–Crippen LogP) is 11.4. The molecule has 2 unspecified atom stereocenters. The number of hydrogen-bond acceptors (Lipinski definition) is 9. The molecule has 7 rings (SSSR count). The summed E-state index contributed by atoms with van der Waals surface area (Å²) < 4.78 is 33.4. The molecular formula is C53H56N3O7P. The lowest BCUT2D eigenvalue weighted by atomic mass is 9.80. The zero-order valence-electron chi connectivity index (χ0n) is 37.4. The molecule has 0 fully saturated rings. The molecule has 0 aliphatic rings. The van der Waals surface area contributed by atoms with Crippen LogP contribution < -0.4 is 14.8 Å². The Bertz CT molecular complexity index is 2610. The Morgan fingerprint density at radius 1 is 0.656 bits per heavy atom. The fourth-order valence-electron chi connectivity index (χ4n) is 8.54. The number of hydrogen-bond donors (Lipinski definition) is 1. The van der Waals surface area contributed by atoms with Crippen molar-refractivity contribution in [1.82, 2.24) is 9.99 Å². The summed E-state index contributed by atoms with van der Waals surface area (Å²) in [7, 11) is 1.61. The van der Waals surface area contributed by atoms with Crippen molar-refractivity contribution >= 4 is 52.5 Å². The molecule has 2 atom stereocenters. The minimum Gasteiger partial charge on any atom is -0.497 e. The molecule has 330 valence electrons. The predicted molar refractivity (Wildman–Crippen MR) is 255 cm³/mol. The van der Waals surface area contributed by atoms with Crippen LogP contribution in [0, 0.1) is 11.3 Å². The van der Waals surface area contributed by atoms with E-state index in [1.165, 1.54) is 0 Å². The largest absolute Gasteiger partial charge is 0.497 e. The number of benzene rings is 7. The van der Waals surface area contributed by atoms with Gasteiger partial charge in [0.05, 0.1) is 52.6 Å². The van der Waals surface area contributed by atoms with Crippen molar-refractivity contribution in [3.8, 4) is 17.6 Å². The van der Waals surface area contributed by atoms with Crippen LogP contribution >= 0.6 is 8.53 Å². The van der Waals surface area contributed by atoms with E-state index in [4.69, 9.17) is 23.3 Å². The van der Waals surface area contributed by atoms with Gasteiger partial charge in [-0.3, -0.25) is 9.59 Å². The number of nitrogens with zero attached hydrogens (tertiary/aromatic N) is 2. The maximum Gasteiger partial charge on any atom is 0.259 e. The van der Waals surface area contributed by atoms with E-state index < -0.39 is 20.2 Å². The molecule has 7 aromatic rings. The Balaban J connectivity index is 1.20. The van der Waals surface area contributed by atoms with Gasteiger partial charge >= 0.3 is 0 Å². The number of carbonyl (C=O) groups excluding carboxylic acids is 2. The Labute approximate surface area is 377 Å². The van der Waals surface area contributed by atoms with Gasteiger partial charge in [0.1, 0.15) is 17.1 Å². The van der Waals surface area contributed by atoms with Gasteiger partial charge in [0.2, 0.25) is 5.91 Å². The lowest BCUT2D eigenvalue weighted by molar-refractivity contribution is -0.123. The molecule has 0 aliphatic heterocycles. The van der Waals surface area contributed by atoms with Crippen LogP contribution in [-0.4, -0.2) is 68.5 Å². The average molecular weight is 878 g/mol. The Hall–Kier alpha value is -5.92. The normalized spacial score (nSPS) is 12.9. The second kappa shape index (κ2) is 21.2. The summed E-state index contributed by atoms with van der Waals surface area (Å²) in [5, 5.41) is 18.9. The maximum atomic E-state index is 14.1. The molecule has 7 aromatic carbocycles. The first kappa shape index (κ1) is 46.1. The quantitative estimate of drug-likeness (QED) is 0.0233. The molecule has 0 aromatic heterocycles. The van der Waals surface area contributed by atoms with Crippen LogP contribution in [0.1, 0.15) is 74.0 Å². The van der Waals surface area contributed by atoms with Gasteiger partial charge in [-0.15, -0.1) is 0 Å². The van der Waals surface area contributed by atoms with Crippen molar-refractivity contribution in [2.75, 3.05) is 34.0 Å². The van der Waals surface area contributed by atoms with Crippen LogP contribution in [0.15, 0.2) is 133 Å². The molecule has 0 saturated heterocycles. The number of rotatable bonds is 22. The molecule has 0 saturated carbocycles. The smallest absolute Gasteiger partial charge is 0.259 e. The van der Waals surface area contributed by atoms with Crippen LogP contribution in [0.4, 0.5) is 0 Å². The molecular weight excluding hydrogens is 822 g/mol. The summed E-state index contributed by atoms with van der Waals surface area (Å²) in [5.74, 6) is 0.959. The highest BCUT2D eigenvalue weighted by Crippen LogP contribution is 2.47. The highest BCUT2D eigenvalue weighted by atomic mass is 31.2. The van der Waals surface area contributed by atoms with Crippen LogP contribution in [-0.2, 0) is 24.2 Å². The zero-order chi connectivity index (χ0) is 45.2. The minimum absolute atomic E-state index is 0.00634. The first-order valence-electron chi connectivity index (χ1n) is 21.8. The summed E-state index contributed by atoms with van der Waals surface area (Å²) in [6.45, 7) is 8.53. The zero-order valence-corrected chi connectivity index (χ0v) is 38.3. The highest BCUT2D eigenvalue weighted by molar-refractivity contribution is 7.44. The van der Waals surface area contributed by atoms with Crippen molar-refractivity contribution in [3.05, 3.63) is 156 Å². The second-order valence-corrected chi connectivity index (χ2v) is 17.8. The standard InChI is InChI=1S/C53H56N3O7P/c1-36(2)56(37(3)4)64(62-33-11-32-54)63-35-44(55-50(58)31-30-49(57)47-28-18-40-17-16-38-12-10-13-39-19-29-48(47)52(40)51(38)39)34-61-53(41-14-8-7-9-15-41,42-20-24-45(59-5)25-21-42)43-22-26-46(60-6)27-23-43/h7-10,12-29,36-37,44H,11,30-31,33-35H2,1-6H3,(H,55,58). The summed E-state index contributed by atoms with van der Waals surface area (Å²) in [5.41, 5.74) is 1.97. The average Bonchev–Trinajstić information content (AvgIpc) is 3.32. The van der Waals surface area contributed by atoms with Gasteiger partial charge in [-0.05, 0) is 101 Å². The fourth-order valence-corrected chi connectivity index (χ4v) is 10.2. The Kier molecular flexibility index (Phi) is 15.2. The van der Waals surface area contributed by atoms with E-state index in [0.717, 1.165) is 49.0 Å². The fraction of sp³-hybridized carbons (Fsp3) is 0.302. The van der Waals surface area contributed by atoms with Crippen molar-refractivity contribution in [2.24, 2.45) is 0 Å². The van der Waals surface area contributed by atoms with E-state index in [2.05, 4.69) is 74.1 Å². The number of carbonyl (C=O) groups is 2. The van der Waals surface area contributed by atoms with Gasteiger partial charge in [0, 0.05) is 30.5 Å². The monoisotopic (exact) mass is 877 g/mol. The summed E-state index contributed by atoms with van der Waals surface area (Å²) in [6.07, 6.45) is 0.170. The number of nitriles is 1. The number of ketones is 1. The van der Waals surface area contributed by atoms with Crippen LogP contribution in [0.3, 0.4) is 0 Å². The molecule has 0 radical (unpaired) electrons. The molecule has 64 heavy (non-hydrogen) atoms. The van der Waals surface area contributed by atoms with Gasteiger partial charge in [-0.1, -0.05) is 109 Å². The van der Waals surface area contributed by atoms with E-state index in [9.17, 15) is 14.9 Å². The number of ether oxygens (including phenoxy) is 3. The molecule has 0 bridgehead atoms. The topological polar surface area (TPSA) is 119 Å². The second-order valence-electron chi connectivity index (χ2n) is 16.3. The maximum absolute atomic E-state index is 14.1. The third-order valence-corrected chi connectivity index (χ3v) is 13.6. The van der Waals surface area contributed by atoms with E-state index in [1.54, 1.807) is 14.2 Å². The Morgan fingerprint density at radius 3 is 1.80 bits per heavy atom. The number of methoxy groups -OCH3 is 2. The van der Waals surface area contributed by atoms with Gasteiger partial charge in [-0.2, -0.15) is 5.26 Å². The summed E-state index contributed by atoms with van der Waals surface area (Å²) in [4.78, 5) is 28.2. The van der Waals surface area contributed by atoms with Crippen LogP contribution in [0.5, 0.6) is 11.5 Å². The van der Waals surface area contributed by atoms with Gasteiger partial charge in [-0.25, -0.2) is 4.67 Å². The highest BCUT2D eigenvalue weighted by Gasteiger charge is 2.39. The molecule has 0 spiro atoms. The van der Waals surface area contributed by atoms with Gasteiger partial charge in [0.25, 0.3) is 8.53 Å². The summed E-state index contributed by atoms with van der Waals surface area (Å²) >= 11 is 0. The Morgan fingerprint density at radius 2 is 1.22 bits per heavy atom. The van der Waals surface area contributed by atoms with Crippen LogP contribution in [0.25, 0.3) is 32.3 Å². The van der Waals surface area contributed by atoms with Gasteiger partial charge < -0.3 is 28.6 Å². The first-order valence-corrected chi connectivity index (χ1v) is 22.9. The molecule has 10 nitrogen and oxygen atoms in total. The molecule has 0 heterocycles. The number of amides is 1. The van der Waals surface area contributed by atoms with Gasteiger partial charge in [0.15, 0.2) is 5.78 Å².